The average molecular weight is 396 g/mol. The summed E-state index contributed by atoms with van der Waals surface area (Å²) in [7, 11) is 5.45. The summed E-state index contributed by atoms with van der Waals surface area (Å²) in [6.45, 7) is 1.58. The molecule has 6 heteroatoms. The van der Waals surface area contributed by atoms with Crippen LogP contribution in [-0.4, -0.2) is 51.0 Å². The molecule has 6 nitrogen and oxygen atoms in total. The Balaban J connectivity index is 1.74. The summed E-state index contributed by atoms with van der Waals surface area (Å²) in [5.41, 5.74) is 3.01. The minimum Gasteiger partial charge on any atom is -0.497 e. The minimum absolute atomic E-state index is 0.0275. The van der Waals surface area contributed by atoms with E-state index in [2.05, 4.69) is 5.32 Å². The standard InChI is InChI=1S/C23H29N3O3/c1-25(2)21-12-9-18(16-20(21)23(28)26-13-5-4-6-14-26)24-22(27)15-17-7-10-19(29-3)11-8-17/h7-12,16H,4-6,13-15H2,1-3H3,(H,24,27). The average Bonchev–Trinajstić information content (AvgIpc) is 2.74. The Labute approximate surface area is 172 Å². The molecular formula is C23H29N3O3. The highest BCUT2D eigenvalue weighted by Gasteiger charge is 2.22. The first-order valence-electron chi connectivity index (χ1n) is 10.0. The molecule has 0 aliphatic carbocycles. The fourth-order valence-corrected chi connectivity index (χ4v) is 3.58. The van der Waals surface area contributed by atoms with Crippen molar-refractivity contribution in [3.63, 3.8) is 0 Å². The van der Waals surface area contributed by atoms with Crippen LogP contribution in [0.15, 0.2) is 42.5 Å². The van der Waals surface area contributed by atoms with Gasteiger partial charge in [-0.25, -0.2) is 0 Å². The summed E-state index contributed by atoms with van der Waals surface area (Å²) in [5, 5.41) is 2.92. The number of hydrogen-bond donors (Lipinski definition) is 1. The number of hydrogen-bond acceptors (Lipinski definition) is 4. The van der Waals surface area contributed by atoms with Crippen LogP contribution in [0.5, 0.6) is 5.75 Å². The molecule has 1 fully saturated rings. The summed E-state index contributed by atoms with van der Waals surface area (Å²) in [6, 6.07) is 12.9. The Bertz CT molecular complexity index is 856. The fraction of sp³-hybridized carbons (Fsp3) is 0.391. The zero-order chi connectivity index (χ0) is 20.8. The number of rotatable bonds is 6. The maximum absolute atomic E-state index is 13.1. The predicted molar refractivity (Wildman–Crippen MR) is 116 cm³/mol. The van der Waals surface area contributed by atoms with E-state index in [1.807, 2.05) is 60.3 Å². The molecule has 0 radical (unpaired) electrons. The van der Waals surface area contributed by atoms with Crippen molar-refractivity contribution < 1.29 is 14.3 Å². The van der Waals surface area contributed by atoms with Gasteiger partial charge in [0.15, 0.2) is 0 Å². The third kappa shape index (κ3) is 5.28. The smallest absolute Gasteiger partial charge is 0.256 e. The number of anilines is 2. The van der Waals surface area contributed by atoms with Crippen molar-refractivity contribution in [1.82, 2.24) is 4.90 Å². The predicted octanol–water partition coefficient (Wildman–Crippen LogP) is 3.57. The Morgan fingerprint density at radius 3 is 2.34 bits per heavy atom. The van der Waals surface area contributed by atoms with Crippen LogP contribution in [0.1, 0.15) is 35.2 Å². The number of ether oxygens (including phenoxy) is 1. The molecule has 0 saturated carbocycles. The van der Waals surface area contributed by atoms with Gasteiger partial charge in [0.25, 0.3) is 5.91 Å². The lowest BCUT2D eigenvalue weighted by atomic mass is 10.1. The first-order chi connectivity index (χ1) is 14.0. The fourth-order valence-electron chi connectivity index (χ4n) is 3.58. The first-order valence-corrected chi connectivity index (χ1v) is 10.0. The van der Waals surface area contributed by atoms with E-state index < -0.39 is 0 Å². The lowest BCUT2D eigenvalue weighted by Crippen LogP contribution is -2.36. The molecule has 29 heavy (non-hydrogen) atoms. The van der Waals surface area contributed by atoms with Gasteiger partial charge in [0.05, 0.1) is 19.1 Å². The van der Waals surface area contributed by atoms with E-state index in [1.165, 1.54) is 6.42 Å². The molecule has 2 aromatic carbocycles. The van der Waals surface area contributed by atoms with Gasteiger partial charge in [-0.2, -0.15) is 0 Å². The molecule has 3 rings (SSSR count). The molecule has 2 amide bonds. The third-order valence-corrected chi connectivity index (χ3v) is 5.16. The zero-order valence-corrected chi connectivity index (χ0v) is 17.4. The first kappa shape index (κ1) is 20.7. The van der Waals surface area contributed by atoms with Crippen molar-refractivity contribution in [2.24, 2.45) is 0 Å². The Morgan fingerprint density at radius 1 is 1.03 bits per heavy atom. The molecule has 1 saturated heterocycles. The second-order valence-electron chi connectivity index (χ2n) is 7.55. The summed E-state index contributed by atoms with van der Waals surface area (Å²) < 4.78 is 5.15. The molecule has 1 aliphatic heterocycles. The lowest BCUT2D eigenvalue weighted by molar-refractivity contribution is -0.115. The van der Waals surface area contributed by atoms with E-state index in [1.54, 1.807) is 13.2 Å². The number of methoxy groups -OCH3 is 1. The topological polar surface area (TPSA) is 61.9 Å². The van der Waals surface area contributed by atoms with Gasteiger partial charge in [-0.05, 0) is 55.2 Å². The number of nitrogens with one attached hydrogen (secondary N) is 1. The van der Waals surface area contributed by atoms with Crippen molar-refractivity contribution in [1.29, 1.82) is 0 Å². The second kappa shape index (κ2) is 9.45. The van der Waals surface area contributed by atoms with Crippen molar-refractivity contribution in [3.05, 3.63) is 53.6 Å². The van der Waals surface area contributed by atoms with Crippen LogP contribution in [0.4, 0.5) is 11.4 Å². The number of likely N-dealkylation sites (tertiary alicyclic amines) is 1. The molecule has 2 aromatic rings. The van der Waals surface area contributed by atoms with E-state index >= 15 is 0 Å². The molecule has 0 spiro atoms. The van der Waals surface area contributed by atoms with E-state index in [-0.39, 0.29) is 18.2 Å². The van der Waals surface area contributed by atoms with E-state index in [4.69, 9.17) is 4.74 Å². The lowest BCUT2D eigenvalue weighted by Gasteiger charge is -2.28. The maximum atomic E-state index is 13.1. The van der Waals surface area contributed by atoms with Gasteiger partial charge < -0.3 is 19.9 Å². The zero-order valence-electron chi connectivity index (χ0n) is 17.4. The van der Waals surface area contributed by atoms with Crippen LogP contribution >= 0.6 is 0 Å². The van der Waals surface area contributed by atoms with Crippen LogP contribution in [0.3, 0.4) is 0 Å². The normalized spacial score (nSPS) is 13.7. The van der Waals surface area contributed by atoms with Crippen molar-refractivity contribution in [2.75, 3.05) is 44.5 Å². The summed E-state index contributed by atoms with van der Waals surface area (Å²) in [4.78, 5) is 29.4. The largest absolute Gasteiger partial charge is 0.497 e. The van der Waals surface area contributed by atoms with Gasteiger partial charge >= 0.3 is 0 Å². The highest BCUT2D eigenvalue weighted by Crippen LogP contribution is 2.26. The molecule has 1 N–H and O–H groups in total. The van der Waals surface area contributed by atoms with Gasteiger partial charge in [-0.1, -0.05) is 12.1 Å². The SMILES string of the molecule is COc1ccc(CC(=O)Nc2ccc(N(C)C)c(C(=O)N3CCCCC3)c2)cc1. The van der Waals surface area contributed by atoms with E-state index in [0.717, 1.165) is 42.9 Å². The maximum Gasteiger partial charge on any atom is 0.256 e. The molecule has 0 unspecified atom stereocenters. The number of piperidine rings is 1. The van der Waals surface area contributed by atoms with E-state index in [9.17, 15) is 9.59 Å². The summed E-state index contributed by atoms with van der Waals surface area (Å²) in [5.74, 6) is 0.665. The molecule has 0 bridgehead atoms. The number of benzene rings is 2. The van der Waals surface area contributed by atoms with E-state index in [0.29, 0.717) is 11.3 Å². The summed E-state index contributed by atoms with van der Waals surface area (Å²) >= 11 is 0. The van der Waals surface area contributed by atoms with Crippen LogP contribution in [0.25, 0.3) is 0 Å². The Morgan fingerprint density at radius 2 is 1.72 bits per heavy atom. The van der Waals surface area contributed by atoms with Crippen molar-refractivity contribution in [2.45, 2.75) is 25.7 Å². The van der Waals surface area contributed by atoms with Crippen molar-refractivity contribution in [3.8, 4) is 5.75 Å². The van der Waals surface area contributed by atoms with Gasteiger partial charge in [0.2, 0.25) is 5.91 Å². The number of amides is 2. The molecule has 0 aromatic heterocycles. The number of carbonyl (C=O) groups excluding carboxylic acids is 2. The molecular weight excluding hydrogens is 366 g/mol. The molecule has 1 aliphatic rings. The van der Waals surface area contributed by atoms with Crippen LogP contribution in [-0.2, 0) is 11.2 Å². The highest BCUT2D eigenvalue weighted by atomic mass is 16.5. The monoisotopic (exact) mass is 395 g/mol. The third-order valence-electron chi connectivity index (χ3n) is 5.16. The Kier molecular flexibility index (Phi) is 6.75. The van der Waals surface area contributed by atoms with Gasteiger partial charge in [-0.3, -0.25) is 9.59 Å². The number of nitrogens with zero attached hydrogens (tertiary/aromatic N) is 2. The molecule has 154 valence electrons. The van der Waals surface area contributed by atoms with Crippen molar-refractivity contribution >= 4 is 23.2 Å². The van der Waals surface area contributed by atoms with Gasteiger partial charge in [0.1, 0.15) is 5.75 Å². The molecule has 0 atom stereocenters. The molecule has 1 heterocycles. The van der Waals surface area contributed by atoms with Gasteiger partial charge in [0, 0.05) is 38.6 Å². The second-order valence-corrected chi connectivity index (χ2v) is 7.55. The van der Waals surface area contributed by atoms with Crippen LogP contribution in [0, 0.1) is 0 Å². The van der Waals surface area contributed by atoms with Gasteiger partial charge in [-0.15, -0.1) is 0 Å². The number of carbonyl (C=O) groups is 2. The minimum atomic E-state index is -0.121. The Hall–Kier alpha value is -3.02. The quantitative estimate of drug-likeness (QED) is 0.812. The van der Waals surface area contributed by atoms with Crippen LogP contribution in [0.2, 0.25) is 0 Å². The van der Waals surface area contributed by atoms with Crippen LogP contribution < -0.4 is 15.0 Å². The highest BCUT2D eigenvalue weighted by molar-refractivity contribution is 6.02. The summed E-state index contributed by atoms with van der Waals surface area (Å²) in [6.07, 6.45) is 3.52.